The number of hydrogen-bond acceptors (Lipinski definition) is 3. The van der Waals surface area contributed by atoms with Gasteiger partial charge in [-0.15, -0.1) is 0 Å². The van der Waals surface area contributed by atoms with Crippen molar-refractivity contribution in [3.8, 4) is 0 Å². The van der Waals surface area contributed by atoms with Crippen molar-refractivity contribution in [1.29, 1.82) is 0 Å². The van der Waals surface area contributed by atoms with Crippen molar-refractivity contribution in [2.45, 2.75) is 12.8 Å². The number of carbonyl (C=O) groups is 2. The fraction of sp³-hybridized carbons (Fsp3) is 0.467. The standard InChI is InChI=1S/C15H23N3O2/c1-18(2)14(19)8-9-17-15(20)13(11-16)10-12-6-4-3-5-7-12/h3-7,13H,8-11,16H2,1-2H3,(H,17,20). The van der Waals surface area contributed by atoms with Crippen molar-refractivity contribution < 1.29 is 9.59 Å². The molecule has 0 radical (unpaired) electrons. The fourth-order valence-corrected chi connectivity index (χ4v) is 1.84. The van der Waals surface area contributed by atoms with Gasteiger partial charge in [-0.2, -0.15) is 0 Å². The van der Waals surface area contributed by atoms with Gasteiger partial charge in [-0.05, 0) is 12.0 Å². The lowest BCUT2D eigenvalue weighted by Crippen LogP contribution is -2.38. The molecule has 0 heterocycles. The highest BCUT2D eigenvalue weighted by molar-refractivity contribution is 5.80. The highest BCUT2D eigenvalue weighted by Crippen LogP contribution is 2.08. The van der Waals surface area contributed by atoms with Crippen LogP contribution in [0.5, 0.6) is 0 Å². The van der Waals surface area contributed by atoms with Gasteiger partial charge in [0.1, 0.15) is 0 Å². The molecule has 0 aliphatic rings. The number of hydrogen-bond donors (Lipinski definition) is 2. The van der Waals surface area contributed by atoms with E-state index in [-0.39, 0.29) is 17.7 Å². The van der Waals surface area contributed by atoms with E-state index in [0.29, 0.717) is 25.9 Å². The van der Waals surface area contributed by atoms with Crippen molar-refractivity contribution in [1.82, 2.24) is 10.2 Å². The molecule has 110 valence electrons. The first-order valence-electron chi connectivity index (χ1n) is 6.76. The zero-order chi connectivity index (χ0) is 15.0. The number of nitrogens with two attached hydrogens (primary N) is 1. The number of nitrogens with one attached hydrogen (secondary N) is 1. The summed E-state index contributed by atoms with van der Waals surface area (Å²) < 4.78 is 0. The lowest BCUT2D eigenvalue weighted by atomic mass is 9.98. The minimum atomic E-state index is -0.258. The van der Waals surface area contributed by atoms with Gasteiger partial charge in [-0.25, -0.2) is 0 Å². The molecule has 3 N–H and O–H groups in total. The first kappa shape index (κ1) is 16.2. The van der Waals surface area contributed by atoms with E-state index in [2.05, 4.69) is 5.32 Å². The second-order valence-corrected chi connectivity index (χ2v) is 4.95. The lowest BCUT2D eigenvalue weighted by molar-refractivity contribution is -0.129. The molecule has 0 spiro atoms. The molecule has 2 amide bonds. The molecule has 0 aromatic heterocycles. The zero-order valence-corrected chi connectivity index (χ0v) is 12.1. The Kier molecular flexibility index (Phi) is 6.73. The number of amides is 2. The molecule has 0 aliphatic carbocycles. The first-order valence-corrected chi connectivity index (χ1v) is 6.76. The minimum absolute atomic E-state index is 0.00217. The molecular formula is C15H23N3O2. The zero-order valence-electron chi connectivity index (χ0n) is 12.1. The molecule has 5 nitrogen and oxygen atoms in total. The van der Waals surface area contributed by atoms with E-state index in [1.807, 2.05) is 30.3 Å². The Labute approximate surface area is 120 Å². The minimum Gasteiger partial charge on any atom is -0.355 e. The largest absolute Gasteiger partial charge is 0.355 e. The van der Waals surface area contributed by atoms with Gasteiger partial charge in [-0.1, -0.05) is 30.3 Å². The monoisotopic (exact) mass is 277 g/mol. The fourth-order valence-electron chi connectivity index (χ4n) is 1.84. The Morgan fingerprint density at radius 1 is 1.25 bits per heavy atom. The van der Waals surface area contributed by atoms with Crippen LogP contribution in [-0.2, 0) is 16.0 Å². The molecule has 0 saturated heterocycles. The van der Waals surface area contributed by atoms with Gasteiger partial charge in [0.15, 0.2) is 0 Å². The smallest absolute Gasteiger partial charge is 0.224 e. The van der Waals surface area contributed by atoms with Crippen LogP contribution in [-0.4, -0.2) is 43.9 Å². The van der Waals surface area contributed by atoms with Crippen molar-refractivity contribution in [2.24, 2.45) is 11.7 Å². The predicted octanol–water partition coefficient (Wildman–Crippen LogP) is 0.399. The summed E-state index contributed by atoms with van der Waals surface area (Å²) >= 11 is 0. The number of carbonyl (C=O) groups excluding carboxylic acids is 2. The SMILES string of the molecule is CN(C)C(=O)CCNC(=O)C(CN)Cc1ccccc1. The van der Waals surface area contributed by atoms with Crippen molar-refractivity contribution >= 4 is 11.8 Å². The van der Waals surface area contributed by atoms with Crippen LogP contribution in [0.25, 0.3) is 0 Å². The van der Waals surface area contributed by atoms with Gasteiger partial charge in [0, 0.05) is 33.6 Å². The molecule has 0 saturated carbocycles. The van der Waals surface area contributed by atoms with Crippen LogP contribution < -0.4 is 11.1 Å². The van der Waals surface area contributed by atoms with Gasteiger partial charge in [0.25, 0.3) is 0 Å². The second kappa shape index (κ2) is 8.32. The third kappa shape index (κ3) is 5.40. The number of nitrogens with zero attached hydrogens (tertiary/aromatic N) is 1. The van der Waals surface area contributed by atoms with E-state index >= 15 is 0 Å². The Hall–Kier alpha value is -1.88. The van der Waals surface area contributed by atoms with Crippen molar-refractivity contribution in [2.75, 3.05) is 27.2 Å². The third-order valence-corrected chi connectivity index (χ3v) is 3.12. The molecule has 1 rings (SSSR count). The topological polar surface area (TPSA) is 75.4 Å². The summed E-state index contributed by atoms with van der Waals surface area (Å²) in [6, 6.07) is 9.78. The Balaban J connectivity index is 2.41. The van der Waals surface area contributed by atoms with E-state index in [1.165, 1.54) is 4.90 Å². The summed E-state index contributed by atoms with van der Waals surface area (Å²) in [5.41, 5.74) is 6.75. The lowest BCUT2D eigenvalue weighted by Gasteiger charge is -2.15. The maximum absolute atomic E-state index is 12.0. The van der Waals surface area contributed by atoms with Crippen LogP contribution in [0.2, 0.25) is 0 Å². The molecule has 1 aromatic rings. The first-order chi connectivity index (χ1) is 9.54. The summed E-state index contributed by atoms with van der Waals surface area (Å²) in [4.78, 5) is 24.9. The maximum Gasteiger partial charge on any atom is 0.224 e. The predicted molar refractivity (Wildman–Crippen MR) is 79.0 cm³/mol. The van der Waals surface area contributed by atoms with Crippen LogP contribution in [0.3, 0.4) is 0 Å². The number of rotatable bonds is 7. The quantitative estimate of drug-likeness (QED) is 0.757. The molecule has 0 bridgehead atoms. The molecule has 1 atom stereocenters. The van der Waals surface area contributed by atoms with E-state index in [1.54, 1.807) is 14.1 Å². The average Bonchev–Trinajstić information content (AvgIpc) is 2.45. The van der Waals surface area contributed by atoms with E-state index < -0.39 is 0 Å². The van der Waals surface area contributed by atoms with Gasteiger partial charge >= 0.3 is 0 Å². The summed E-state index contributed by atoms with van der Waals surface area (Å²) in [6.07, 6.45) is 0.923. The number of benzene rings is 1. The third-order valence-electron chi connectivity index (χ3n) is 3.12. The van der Waals surface area contributed by atoms with Crippen LogP contribution in [0.1, 0.15) is 12.0 Å². The van der Waals surface area contributed by atoms with E-state index in [9.17, 15) is 9.59 Å². The molecular weight excluding hydrogens is 254 g/mol. The Bertz CT molecular complexity index is 432. The summed E-state index contributed by atoms with van der Waals surface area (Å²) in [7, 11) is 3.39. The highest BCUT2D eigenvalue weighted by atomic mass is 16.2. The summed E-state index contributed by atoms with van der Waals surface area (Å²) in [6.45, 7) is 0.642. The highest BCUT2D eigenvalue weighted by Gasteiger charge is 2.17. The second-order valence-electron chi connectivity index (χ2n) is 4.95. The average molecular weight is 277 g/mol. The molecule has 1 unspecified atom stereocenters. The Morgan fingerprint density at radius 2 is 1.90 bits per heavy atom. The van der Waals surface area contributed by atoms with Crippen molar-refractivity contribution in [3.63, 3.8) is 0 Å². The molecule has 5 heteroatoms. The molecule has 20 heavy (non-hydrogen) atoms. The Morgan fingerprint density at radius 3 is 2.45 bits per heavy atom. The summed E-state index contributed by atoms with van der Waals surface area (Å²) in [5.74, 6) is -0.354. The van der Waals surface area contributed by atoms with Gasteiger partial charge in [0.2, 0.25) is 11.8 Å². The normalized spacial score (nSPS) is 11.8. The van der Waals surface area contributed by atoms with Crippen LogP contribution in [0, 0.1) is 5.92 Å². The van der Waals surface area contributed by atoms with Gasteiger partial charge in [0.05, 0.1) is 5.92 Å². The maximum atomic E-state index is 12.0. The van der Waals surface area contributed by atoms with E-state index in [0.717, 1.165) is 5.56 Å². The summed E-state index contributed by atoms with van der Waals surface area (Å²) in [5, 5.41) is 2.77. The van der Waals surface area contributed by atoms with Crippen LogP contribution in [0.15, 0.2) is 30.3 Å². The van der Waals surface area contributed by atoms with Crippen LogP contribution >= 0.6 is 0 Å². The van der Waals surface area contributed by atoms with Gasteiger partial charge < -0.3 is 16.0 Å². The van der Waals surface area contributed by atoms with E-state index in [4.69, 9.17) is 5.73 Å². The van der Waals surface area contributed by atoms with Crippen molar-refractivity contribution in [3.05, 3.63) is 35.9 Å². The molecule has 0 aliphatic heterocycles. The van der Waals surface area contributed by atoms with Crippen LogP contribution in [0.4, 0.5) is 0 Å². The molecule has 0 fully saturated rings. The molecule has 1 aromatic carbocycles. The van der Waals surface area contributed by atoms with Gasteiger partial charge in [-0.3, -0.25) is 9.59 Å².